The molecule has 0 saturated carbocycles. The lowest BCUT2D eigenvalue weighted by molar-refractivity contribution is 0.660. The monoisotopic (exact) mass is 742 g/mol. The molecule has 11 aromatic rings. The summed E-state index contributed by atoms with van der Waals surface area (Å²) in [4.78, 5) is 2.48. The smallest absolute Gasteiger partial charge is 0.160 e. The molecule has 0 atom stereocenters. The molecule has 2 aromatic heterocycles. The number of anilines is 3. The van der Waals surface area contributed by atoms with Gasteiger partial charge in [0.15, 0.2) is 5.58 Å². The summed E-state index contributed by atoms with van der Waals surface area (Å²) in [5, 5.41) is 6.91. The van der Waals surface area contributed by atoms with Gasteiger partial charge in [-0.1, -0.05) is 153 Å². The number of aromatic nitrogens is 1. The summed E-state index contributed by atoms with van der Waals surface area (Å²) in [5.41, 5.74) is 15.9. The minimum atomic E-state index is -0.156. The fraction of sp³-hybridized carbons (Fsp3) is 0.0545. The van der Waals surface area contributed by atoms with Crippen molar-refractivity contribution in [1.29, 1.82) is 0 Å². The summed E-state index contributed by atoms with van der Waals surface area (Å²) < 4.78 is 9.36. The van der Waals surface area contributed by atoms with Gasteiger partial charge in [0, 0.05) is 44.0 Å². The van der Waals surface area contributed by atoms with Gasteiger partial charge in [-0.05, 0) is 98.8 Å². The molecule has 0 bridgehead atoms. The Morgan fingerprint density at radius 1 is 0.483 bits per heavy atom. The van der Waals surface area contributed by atoms with E-state index in [0.29, 0.717) is 0 Å². The van der Waals surface area contributed by atoms with Crippen LogP contribution in [0, 0.1) is 0 Å². The van der Waals surface area contributed by atoms with Crippen LogP contribution in [-0.4, -0.2) is 4.57 Å². The predicted molar refractivity (Wildman–Crippen MR) is 243 cm³/mol. The third-order valence-corrected chi connectivity index (χ3v) is 12.6. The molecule has 0 amide bonds. The average Bonchev–Trinajstić information content (AvgIpc) is 3.90. The van der Waals surface area contributed by atoms with E-state index in [4.69, 9.17) is 4.42 Å². The van der Waals surface area contributed by atoms with E-state index < -0.39 is 0 Å². The highest BCUT2D eigenvalue weighted by Crippen LogP contribution is 2.53. The predicted octanol–water partition coefficient (Wildman–Crippen LogP) is 15.3. The molecule has 3 heteroatoms. The van der Waals surface area contributed by atoms with Crippen molar-refractivity contribution < 1.29 is 4.42 Å². The van der Waals surface area contributed by atoms with Gasteiger partial charge < -0.3 is 13.9 Å². The van der Waals surface area contributed by atoms with Crippen LogP contribution >= 0.6 is 0 Å². The van der Waals surface area contributed by atoms with Crippen molar-refractivity contribution in [3.05, 3.63) is 205 Å². The minimum absolute atomic E-state index is 0.156. The maximum absolute atomic E-state index is 6.94. The van der Waals surface area contributed by atoms with E-state index in [0.717, 1.165) is 61.1 Å². The Hall–Kier alpha value is -7.36. The zero-order valence-corrected chi connectivity index (χ0v) is 32.3. The molecule has 9 aromatic carbocycles. The maximum Gasteiger partial charge on any atom is 0.160 e. The second-order valence-electron chi connectivity index (χ2n) is 16.1. The maximum atomic E-state index is 6.94. The molecule has 0 saturated heterocycles. The first kappa shape index (κ1) is 32.8. The molecule has 0 fully saturated rings. The highest BCUT2D eigenvalue weighted by atomic mass is 16.3. The van der Waals surface area contributed by atoms with Crippen molar-refractivity contribution >= 4 is 71.6 Å². The van der Waals surface area contributed by atoms with Crippen LogP contribution in [-0.2, 0) is 5.41 Å². The Bertz CT molecular complexity index is 3420. The first-order valence-electron chi connectivity index (χ1n) is 20.1. The quantitative estimate of drug-likeness (QED) is 0.175. The molecule has 1 aliphatic rings. The lowest BCUT2D eigenvalue weighted by atomic mass is 9.82. The zero-order valence-electron chi connectivity index (χ0n) is 32.3. The average molecular weight is 743 g/mol. The number of para-hydroxylation sites is 2. The fourth-order valence-electron chi connectivity index (χ4n) is 9.76. The van der Waals surface area contributed by atoms with Crippen molar-refractivity contribution in [1.82, 2.24) is 4.57 Å². The van der Waals surface area contributed by atoms with Gasteiger partial charge in [0.2, 0.25) is 0 Å². The van der Waals surface area contributed by atoms with Gasteiger partial charge >= 0.3 is 0 Å². The standard InChI is InChI=1S/C55H38N2O/c1-55(2)47-21-11-8-18-42(47)43-31-30-41(33-48(43)55)56(39-27-24-37(25-28-39)35-14-4-3-5-15-35)50-34-46-44-19-10-13-23-51(44)58-54(46)53-52(50)45-20-9-12-22-49(45)57(53)40-29-26-36-16-6-7-17-38(36)32-40/h3-34H,1-2H3. The van der Waals surface area contributed by atoms with E-state index in [1.807, 2.05) is 0 Å². The van der Waals surface area contributed by atoms with E-state index in [2.05, 4.69) is 217 Å². The molecule has 0 spiro atoms. The summed E-state index contributed by atoms with van der Waals surface area (Å²) in [6, 6.07) is 70.7. The van der Waals surface area contributed by atoms with Crippen LogP contribution in [0.1, 0.15) is 25.0 Å². The van der Waals surface area contributed by atoms with Crippen LogP contribution in [0.5, 0.6) is 0 Å². The molecule has 0 unspecified atom stereocenters. The minimum Gasteiger partial charge on any atom is -0.454 e. The molecule has 3 nitrogen and oxygen atoms in total. The van der Waals surface area contributed by atoms with Gasteiger partial charge in [0.05, 0.1) is 16.7 Å². The van der Waals surface area contributed by atoms with Crippen LogP contribution in [0.4, 0.5) is 17.1 Å². The van der Waals surface area contributed by atoms with Crippen molar-refractivity contribution in [3.63, 3.8) is 0 Å². The number of hydrogen-bond donors (Lipinski definition) is 0. The Kier molecular flexibility index (Phi) is 6.98. The third kappa shape index (κ3) is 4.74. The van der Waals surface area contributed by atoms with Crippen molar-refractivity contribution in [2.75, 3.05) is 4.90 Å². The Balaban J connectivity index is 1.20. The van der Waals surface area contributed by atoms with E-state index in [-0.39, 0.29) is 5.41 Å². The van der Waals surface area contributed by atoms with E-state index in [1.165, 1.54) is 49.5 Å². The van der Waals surface area contributed by atoms with Crippen molar-refractivity contribution in [2.24, 2.45) is 0 Å². The number of fused-ring (bicyclic) bond motifs is 11. The molecule has 0 aliphatic heterocycles. The van der Waals surface area contributed by atoms with Crippen molar-refractivity contribution in [3.8, 4) is 27.9 Å². The molecular formula is C55H38N2O. The molecule has 1 aliphatic carbocycles. The molecule has 274 valence electrons. The van der Waals surface area contributed by atoms with Gasteiger partial charge in [-0.15, -0.1) is 0 Å². The molecule has 12 rings (SSSR count). The number of hydrogen-bond acceptors (Lipinski definition) is 2. The summed E-state index contributed by atoms with van der Waals surface area (Å²) in [7, 11) is 0. The third-order valence-electron chi connectivity index (χ3n) is 12.6. The largest absolute Gasteiger partial charge is 0.454 e. The molecule has 0 N–H and O–H groups in total. The van der Waals surface area contributed by atoms with Gasteiger partial charge in [-0.3, -0.25) is 0 Å². The molecule has 58 heavy (non-hydrogen) atoms. The summed E-state index contributed by atoms with van der Waals surface area (Å²) >= 11 is 0. The van der Waals surface area contributed by atoms with Crippen LogP contribution in [0.25, 0.3) is 82.5 Å². The topological polar surface area (TPSA) is 21.3 Å². The van der Waals surface area contributed by atoms with Gasteiger partial charge in [-0.2, -0.15) is 0 Å². The fourth-order valence-corrected chi connectivity index (χ4v) is 9.76. The SMILES string of the molecule is CC1(C)c2ccccc2-c2ccc(N(c3ccc(-c4ccccc4)cc3)c3cc4c5ccccc5oc4c4c3c3ccccc3n4-c3ccc4ccccc4c3)cc21. The number of nitrogens with zero attached hydrogens (tertiary/aromatic N) is 2. The van der Waals surface area contributed by atoms with E-state index in [1.54, 1.807) is 0 Å². The molecule has 2 heterocycles. The summed E-state index contributed by atoms with van der Waals surface area (Å²) in [6.07, 6.45) is 0. The normalized spacial score (nSPS) is 13.1. The molecular weight excluding hydrogens is 705 g/mol. The van der Waals surface area contributed by atoms with E-state index >= 15 is 0 Å². The second-order valence-corrected chi connectivity index (χ2v) is 16.1. The van der Waals surface area contributed by atoms with Gasteiger partial charge in [-0.25, -0.2) is 0 Å². The van der Waals surface area contributed by atoms with Crippen LogP contribution < -0.4 is 4.90 Å². The summed E-state index contributed by atoms with van der Waals surface area (Å²) in [5.74, 6) is 0. The number of rotatable bonds is 5. The first-order chi connectivity index (χ1) is 28.5. The number of furan rings is 1. The number of benzene rings is 9. The highest BCUT2D eigenvalue weighted by molar-refractivity contribution is 6.27. The second kappa shape index (κ2) is 12.3. The van der Waals surface area contributed by atoms with Crippen LogP contribution in [0.2, 0.25) is 0 Å². The van der Waals surface area contributed by atoms with Gasteiger partial charge in [0.1, 0.15) is 5.58 Å². The van der Waals surface area contributed by atoms with Gasteiger partial charge in [0.25, 0.3) is 0 Å². The Morgan fingerprint density at radius 2 is 1.16 bits per heavy atom. The highest BCUT2D eigenvalue weighted by Gasteiger charge is 2.36. The summed E-state index contributed by atoms with van der Waals surface area (Å²) in [6.45, 7) is 4.72. The Morgan fingerprint density at radius 3 is 2.02 bits per heavy atom. The lowest BCUT2D eigenvalue weighted by Crippen LogP contribution is -2.16. The zero-order chi connectivity index (χ0) is 38.5. The van der Waals surface area contributed by atoms with Crippen molar-refractivity contribution in [2.45, 2.75) is 19.3 Å². The first-order valence-corrected chi connectivity index (χ1v) is 20.1. The Labute approximate surface area is 336 Å². The van der Waals surface area contributed by atoms with Crippen LogP contribution in [0.3, 0.4) is 0 Å². The van der Waals surface area contributed by atoms with Crippen LogP contribution in [0.15, 0.2) is 199 Å². The van der Waals surface area contributed by atoms with E-state index in [9.17, 15) is 0 Å². The molecule has 0 radical (unpaired) electrons. The lowest BCUT2D eigenvalue weighted by Gasteiger charge is -2.29.